The van der Waals surface area contributed by atoms with Crippen molar-refractivity contribution in [3.05, 3.63) is 115 Å². The summed E-state index contributed by atoms with van der Waals surface area (Å²) in [6.45, 7) is 4.31. The van der Waals surface area contributed by atoms with Crippen molar-refractivity contribution in [3.63, 3.8) is 0 Å². The molecule has 0 atom stereocenters. The van der Waals surface area contributed by atoms with E-state index in [2.05, 4.69) is 47.4 Å². The molecule has 7 nitrogen and oxygen atoms in total. The van der Waals surface area contributed by atoms with Crippen LogP contribution >= 0.6 is 43.5 Å². The highest BCUT2D eigenvalue weighted by molar-refractivity contribution is 9.11. The third kappa shape index (κ3) is 6.43. The highest BCUT2D eigenvalue weighted by Crippen LogP contribution is 2.38. The number of aryl methyl sites for hydroxylation is 1. The lowest BCUT2D eigenvalue weighted by Crippen LogP contribution is -2.19. The van der Waals surface area contributed by atoms with Crippen LogP contribution in [0.4, 0.5) is 0 Å². The Morgan fingerprint density at radius 2 is 1.83 bits per heavy atom. The largest absolute Gasteiger partial charge is 0.494 e. The van der Waals surface area contributed by atoms with E-state index in [-0.39, 0.29) is 11.4 Å². The van der Waals surface area contributed by atoms with E-state index in [9.17, 15) is 9.59 Å². The molecule has 10 heteroatoms. The Morgan fingerprint density at radius 3 is 2.60 bits per heavy atom. The maximum Gasteiger partial charge on any atom is 0.343 e. The molecule has 0 fully saturated rings. The molecule has 0 radical (unpaired) electrons. The van der Waals surface area contributed by atoms with Gasteiger partial charge in [-0.3, -0.25) is 4.79 Å². The summed E-state index contributed by atoms with van der Waals surface area (Å²) in [4.78, 5) is 29.6. The fourth-order valence-electron chi connectivity index (χ4n) is 4.47. The molecule has 0 spiro atoms. The Bertz CT molecular complexity index is 1850. The summed E-state index contributed by atoms with van der Waals surface area (Å²) in [6, 6.07) is 23.5. The minimum Gasteiger partial charge on any atom is -0.494 e. The van der Waals surface area contributed by atoms with Crippen molar-refractivity contribution < 1.29 is 19.1 Å². The average molecular weight is 710 g/mol. The Morgan fingerprint density at radius 1 is 1.02 bits per heavy atom. The van der Waals surface area contributed by atoms with Gasteiger partial charge in [0.1, 0.15) is 11.4 Å². The summed E-state index contributed by atoms with van der Waals surface area (Å²) in [5, 5.41) is 5.47. The molecule has 0 aliphatic rings. The molecule has 5 rings (SSSR count). The average Bonchev–Trinajstić information content (AvgIpc) is 3.34. The molecule has 0 unspecified atom stereocenters. The van der Waals surface area contributed by atoms with Crippen molar-refractivity contribution in [3.8, 4) is 22.6 Å². The van der Waals surface area contributed by atoms with Crippen LogP contribution in [0.15, 0.2) is 92.9 Å². The molecule has 0 bridgehead atoms. The number of halogens is 3. The first kappa shape index (κ1) is 29.6. The predicted molar refractivity (Wildman–Crippen MR) is 173 cm³/mol. The van der Waals surface area contributed by atoms with Gasteiger partial charge >= 0.3 is 5.97 Å². The topological polar surface area (TPSA) is 92.8 Å². The summed E-state index contributed by atoms with van der Waals surface area (Å²) in [7, 11) is 0. The number of amides is 1. The van der Waals surface area contributed by atoms with Crippen molar-refractivity contribution in [2.75, 3.05) is 6.61 Å². The van der Waals surface area contributed by atoms with Crippen molar-refractivity contribution >= 4 is 72.5 Å². The number of benzene rings is 4. The fraction of sp³-hybridized carbons (Fsp3) is 0.0938. The number of carbonyl (C=O) groups excluding carboxylic acids is 2. The summed E-state index contributed by atoms with van der Waals surface area (Å²) >= 11 is 13.5. The molecule has 5 aromatic rings. The van der Waals surface area contributed by atoms with Crippen LogP contribution in [0.1, 0.15) is 38.9 Å². The molecule has 2 N–H and O–H groups in total. The van der Waals surface area contributed by atoms with Gasteiger partial charge in [0.05, 0.1) is 22.9 Å². The second-order valence-electron chi connectivity index (χ2n) is 9.26. The maximum atomic E-state index is 13.5. The van der Waals surface area contributed by atoms with Crippen LogP contribution in [0.5, 0.6) is 11.5 Å². The van der Waals surface area contributed by atoms with Crippen molar-refractivity contribution in [1.29, 1.82) is 0 Å². The van der Waals surface area contributed by atoms with Crippen molar-refractivity contribution in [2.24, 2.45) is 5.10 Å². The van der Waals surface area contributed by atoms with Crippen LogP contribution in [0, 0.1) is 6.92 Å². The van der Waals surface area contributed by atoms with Gasteiger partial charge in [0.25, 0.3) is 5.91 Å². The Balaban J connectivity index is 1.47. The van der Waals surface area contributed by atoms with Gasteiger partial charge in [0.2, 0.25) is 0 Å². The molecular formula is C32H24Br2ClN3O4. The van der Waals surface area contributed by atoms with Gasteiger partial charge in [0, 0.05) is 37.1 Å². The SMILES string of the molecule is CCOc1ccc2[nH]c(C(=O)NN=Cc3cc(Br)cc(Br)c3OC(=O)c3cccc(C)c3)c(-c3ccccc3Cl)c2c1. The highest BCUT2D eigenvalue weighted by Gasteiger charge is 2.22. The van der Waals surface area contributed by atoms with Gasteiger partial charge < -0.3 is 14.5 Å². The number of aromatic nitrogens is 1. The van der Waals surface area contributed by atoms with Gasteiger partial charge in [0.15, 0.2) is 5.75 Å². The van der Waals surface area contributed by atoms with E-state index in [0.717, 1.165) is 20.9 Å². The van der Waals surface area contributed by atoms with E-state index in [0.29, 0.717) is 44.1 Å². The van der Waals surface area contributed by atoms with Crippen molar-refractivity contribution in [1.82, 2.24) is 10.4 Å². The van der Waals surface area contributed by atoms with Crippen LogP contribution < -0.4 is 14.9 Å². The number of rotatable bonds is 8. The number of fused-ring (bicyclic) bond motifs is 1. The smallest absolute Gasteiger partial charge is 0.343 e. The minimum atomic E-state index is -0.519. The van der Waals surface area contributed by atoms with Crippen LogP contribution in [0.2, 0.25) is 5.02 Å². The molecule has 0 aliphatic heterocycles. The quantitative estimate of drug-likeness (QED) is 0.0730. The standard InChI is InChI=1S/C32H24Br2ClN3O4/c1-3-41-22-11-12-27-24(16-22)28(23-9-4-5-10-26(23)35)29(37-27)31(39)38-36-17-20-14-21(33)15-25(34)30(20)42-32(40)19-8-6-7-18(2)13-19/h4-17,37H,3H2,1-2H3,(H,38,39). The number of hydrogen-bond acceptors (Lipinski definition) is 5. The predicted octanol–water partition coefficient (Wildman–Crippen LogP) is 8.70. The Kier molecular flexibility index (Phi) is 9.11. The lowest BCUT2D eigenvalue weighted by molar-refractivity contribution is 0.0732. The molecule has 0 aliphatic carbocycles. The Labute approximate surface area is 264 Å². The molecule has 0 saturated carbocycles. The molecule has 1 amide bonds. The summed E-state index contributed by atoms with van der Waals surface area (Å²) in [6.07, 6.45) is 1.41. The normalized spacial score (nSPS) is 11.2. The zero-order valence-corrected chi connectivity index (χ0v) is 26.4. The van der Waals surface area contributed by atoms with E-state index in [4.69, 9.17) is 21.1 Å². The zero-order valence-electron chi connectivity index (χ0n) is 22.5. The molecule has 1 aromatic heterocycles. The number of nitrogens with one attached hydrogen (secondary N) is 2. The first-order chi connectivity index (χ1) is 20.2. The first-order valence-electron chi connectivity index (χ1n) is 12.9. The number of carbonyl (C=O) groups is 2. The van der Waals surface area contributed by atoms with Crippen molar-refractivity contribution in [2.45, 2.75) is 13.8 Å². The zero-order chi connectivity index (χ0) is 29.8. The van der Waals surface area contributed by atoms with Gasteiger partial charge in [-0.2, -0.15) is 5.10 Å². The van der Waals surface area contributed by atoms with Gasteiger partial charge in [-0.25, -0.2) is 10.2 Å². The van der Waals surface area contributed by atoms with E-state index in [1.165, 1.54) is 6.21 Å². The number of hydrazone groups is 1. The summed E-state index contributed by atoms with van der Waals surface area (Å²) in [5.74, 6) is -0.0687. The van der Waals surface area contributed by atoms with Crippen LogP contribution in [-0.4, -0.2) is 29.7 Å². The number of aromatic amines is 1. The minimum absolute atomic E-state index is 0.258. The van der Waals surface area contributed by atoms with Crippen LogP contribution in [0.3, 0.4) is 0 Å². The van der Waals surface area contributed by atoms with E-state index >= 15 is 0 Å². The maximum absolute atomic E-state index is 13.5. The lowest BCUT2D eigenvalue weighted by Gasteiger charge is -2.11. The monoisotopic (exact) mass is 707 g/mol. The van der Waals surface area contributed by atoms with Gasteiger partial charge in [-0.1, -0.05) is 63.4 Å². The molecule has 4 aromatic carbocycles. The summed E-state index contributed by atoms with van der Waals surface area (Å²) < 4.78 is 12.7. The third-order valence-electron chi connectivity index (χ3n) is 6.31. The van der Waals surface area contributed by atoms with Crippen LogP contribution in [-0.2, 0) is 0 Å². The number of hydrogen-bond donors (Lipinski definition) is 2. The lowest BCUT2D eigenvalue weighted by atomic mass is 10.0. The second-order valence-corrected chi connectivity index (χ2v) is 11.4. The van der Waals surface area contributed by atoms with E-state index < -0.39 is 11.9 Å². The summed E-state index contributed by atoms with van der Waals surface area (Å²) in [5.41, 5.74) is 6.74. The number of nitrogens with zero attached hydrogens (tertiary/aromatic N) is 1. The molecule has 0 saturated heterocycles. The highest BCUT2D eigenvalue weighted by atomic mass is 79.9. The Hall–Kier alpha value is -3.92. The number of H-pyrrole nitrogens is 1. The molecule has 1 heterocycles. The van der Waals surface area contributed by atoms with Gasteiger partial charge in [-0.05, 0) is 78.3 Å². The third-order valence-corrected chi connectivity index (χ3v) is 7.68. The fourth-order valence-corrected chi connectivity index (χ4v) is 6.03. The number of esters is 1. The van der Waals surface area contributed by atoms with E-state index in [1.807, 2.05) is 56.3 Å². The molecule has 42 heavy (non-hydrogen) atoms. The molecular weight excluding hydrogens is 686 g/mol. The van der Waals surface area contributed by atoms with Gasteiger partial charge in [-0.15, -0.1) is 0 Å². The number of ether oxygens (including phenoxy) is 2. The first-order valence-corrected chi connectivity index (χ1v) is 14.9. The van der Waals surface area contributed by atoms with Crippen LogP contribution in [0.25, 0.3) is 22.0 Å². The molecule has 212 valence electrons. The second kappa shape index (κ2) is 12.9. The van der Waals surface area contributed by atoms with E-state index in [1.54, 1.807) is 36.4 Å².